The van der Waals surface area contributed by atoms with E-state index in [1.807, 2.05) is 6.07 Å². The zero-order valence-corrected chi connectivity index (χ0v) is 8.86. The minimum absolute atomic E-state index is 0.0643. The van der Waals surface area contributed by atoms with Crippen LogP contribution in [0.5, 0.6) is 11.5 Å². The Balaban J connectivity index is 2.17. The topological polar surface area (TPSA) is 29.5 Å². The Labute approximate surface area is 97.1 Å². The molecule has 1 N–H and O–H groups in total. The monoisotopic (exact) mass is 236 g/mol. The van der Waals surface area contributed by atoms with E-state index in [1.54, 1.807) is 24.3 Å². The Hall–Kier alpha value is -2.10. The van der Waals surface area contributed by atoms with E-state index in [0.717, 1.165) is 17.7 Å². The number of benzene rings is 2. The molecule has 4 heteroatoms. The third-order valence-electron chi connectivity index (χ3n) is 2.26. The van der Waals surface area contributed by atoms with E-state index in [1.165, 1.54) is 0 Å². The van der Waals surface area contributed by atoms with E-state index in [9.17, 15) is 13.9 Å². The fourth-order valence-electron chi connectivity index (χ4n) is 1.39. The van der Waals surface area contributed by atoms with E-state index in [2.05, 4.69) is 0 Å². The molecule has 0 aliphatic rings. The van der Waals surface area contributed by atoms with Crippen LogP contribution in [0.2, 0.25) is 0 Å². The van der Waals surface area contributed by atoms with Crippen molar-refractivity contribution in [2.45, 2.75) is 6.61 Å². The van der Waals surface area contributed by atoms with Crippen LogP contribution in [0.25, 0.3) is 0 Å². The standard InChI is InChI=1S/C13H10F2O2/c14-10-6-7-11(15)13(12(10)16)17-8-9-4-2-1-3-5-9/h1-7,16H,8H2. The summed E-state index contributed by atoms with van der Waals surface area (Å²) in [5, 5.41) is 9.32. The van der Waals surface area contributed by atoms with Gasteiger partial charge in [0.1, 0.15) is 6.61 Å². The van der Waals surface area contributed by atoms with E-state index in [-0.39, 0.29) is 6.61 Å². The summed E-state index contributed by atoms with van der Waals surface area (Å²) in [4.78, 5) is 0. The Bertz CT molecular complexity index is 512. The number of phenolic OH excluding ortho intramolecular Hbond substituents is 1. The van der Waals surface area contributed by atoms with E-state index in [0.29, 0.717) is 0 Å². The van der Waals surface area contributed by atoms with Crippen LogP contribution < -0.4 is 4.74 Å². The van der Waals surface area contributed by atoms with Gasteiger partial charge in [0.2, 0.25) is 0 Å². The van der Waals surface area contributed by atoms with Gasteiger partial charge in [-0.1, -0.05) is 30.3 Å². The second-order valence-electron chi connectivity index (χ2n) is 3.48. The summed E-state index contributed by atoms with van der Waals surface area (Å²) in [5.74, 6) is -2.97. The number of halogens is 2. The number of hydrogen-bond acceptors (Lipinski definition) is 2. The molecular formula is C13H10F2O2. The van der Waals surface area contributed by atoms with Crippen LogP contribution in [0.3, 0.4) is 0 Å². The van der Waals surface area contributed by atoms with Crippen molar-refractivity contribution in [3.63, 3.8) is 0 Å². The van der Waals surface area contributed by atoms with Crippen LogP contribution in [0, 0.1) is 11.6 Å². The lowest BCUT2D eigenvalue weighted by molar-refractivity contribution is 0.268. The summed E-state index contributed by atoms with van der Waals surface area (Å²) >= 11 is 0. The zero-order valence-electron chi connectivity index (χ0n) is 8.86. The molecule has 0 unspecified atom stereocenters. The number of rotatable bonds is 3. The Morgan fingerprint density at radius 1 is 0.941 bits per heavy atom. The Kier molecular flexibility index (Phi) is 3.23. The van der Waals surface area contributed by atoms with Gasteiger partial charge < -0.3 is 9.84 Å². The first-order valence-corrected chi connectivity index (χ1v) is 5.02. The minimum Gasteiger partial charge on any atom is -0.502 e. The van der Waals surface area contributed by atoms with Crippen molar-refractivity contribution < 1.29 is 18.6 Å². The first-order chi connectivity index (χ1) is 8.18. The largest absolute Gasteiger partial charge is 0.502 e. The van der Waals surface area contributed by atoms with Crippen molar-refractivity contribution in [1.82, 2.24) is 0 Å². The van der Waals surface area contributed by atoms with Gasteiger partial charge in [-0.2, -0.15) is 0 Å². The summed E-state index contributed by atoms with van der Waals surface area (Å²) in [7, 11) is 0. The highest BCUT2D eigenvalue weighted by Gasteiger charge is 2.14. The Morgan fingerprint density at radius 2 is 1.59 bits per heavy atom. The van der Waals surface area contributed by atoms with Crippen LogP contribution in [0.4, 0.5) is 8.78 Å². The molecule has 0 atom stereocenters. The normalized spacial score (nSPS) is 10.2. The molecule has 0 aromatic heterocycles. The summed E-state index contributed by atoms with van der Waals surface area (Å²) < 4.78 is 31.3. The van der Waals surface area contributed by atoms with Crippen molar-refractivity contribution in [2.24, 2.45) is 0 Å². The van der Waals surface area contributed by atoms with Crippen molar-refractivity contribution in [1.29, 1.82) is 0 Å². The van der Waals surface area contributed by atoms with Gasteiger partial charge >= 0.3 is 0 Å². The van der Waals surface area contributed by atoms with Crippen molar-refractivity contribution in [3.8, 4) is 11.5 Å². The zero-order chi connectivity index (χ0) is 12.3. The van der Waals surface area contributed by atoms with Crippen LogP contribution in [-0.2, 0) is 6.61 Å². The lowest BCUT2D eigenvalue weighted by Gasteiger charge is -2.09. The molecule has 0 saturated heterocycles. The molecule has 0 amide bonds. The molecule has 2 rings (SSSR count). The summed E-state index contributed by atoms with van der Waals surface area (Å²) in [6.45, 7) is 0.0643. The maximum atomic E-state index is 13.3. The number of hydrogen-bond donors (Lipinski definition) is 1. The van der Waals surface area contributed by atoms with Gasteiger partial charge in [-0.3, -0.25) is 0 Å². The molecular weight excluding hydrogens is 226 g/mol. The molecule has 0 heterocycles. The maximum absolute atomic E-state index is 13.3. The number of ether oxygens (including phenoxy) is 1. The highest BCUT2D eigenvalue weighted by Crippen LogP contribution is 2.32. The molecule has 2 nitrogen and oxygen atoms in total. The second-order valence-corrected chi connectivity index (χ2v) is 3.48. The summed E-state index contributed by atoms with van der Waals surface area (Å²) in [6, 6.07) is 10.8. The highest BCUT2D eigenvalue weighted by molar-refractivity contribution is 5.41. The van der Waals surface area contributed by atoms with Gasteiger partial charge in [-0.25, -0.2) is 8.78 Å². The van der Waals surface area contributed by atoms with Crippen molar-refractivity contribution in [3.05, 3.63) is 59.7 Å². The predicted octanol–water partition coefficient (Wildman–Crippen LogP) is 3.25. The van der Waals surface area contributed by atoms with Gasteiger partial charge in [0.15, 0.2) is 23.1 Å². The van der Waals surface area contributed by atoms with Gasteiger partial charge in [0.05, 0.1) is 0 Å². The van der Waals surface area contributed by atoms with E-state index >= 15 is 0 Å². The van der Waals surface area contributed by atoms with Crippen LogP contribution >= 0.6 is 0 Å². The minimum atomic E-state index is -0.908. The fourth-order valence-corrected chi connectivity index (χ4v) is 1.39. The lowest BCUT2D eigenvalue weighted by Crippen LogP contribution is -1.98. The van der Waals surface area contributed by atoms with Gasteiger partial charge in [0, 0.05) is 0 Å². The molecule has 2 aromatic carbocycles. The molecule has 0 aliphatic carbocycles. The maximum Gasteiger partial charge on any atom is 0.200 e. The highest BCUT2D eigenvalue weighted by atomic mass is 19.1. The first-order valence-electron chi connectivity index (χ1n) is 5.02. The van der Waals surface area contributed by atoms with Gasteiger partial charge in [-0.15, -0.1) is 0 Å². The van der Waals surface area contributed by atoms with E-state index in [4.69, 9.17) is 4.74 Å². The Morgan fingerprint density at radius 3 is 2.29 bits per heavy atom. The van der Waals surface area contributed by atoms with Gasteiger partial charge in [-0.05, 0) is 17.7 Å². The second kappa shape index (κ2) is 4.82. The molecule has 88 valence electrons. The molecule has 2 aromatic rings. The molecule has 17 heavy (non-hydrogen) atoms. The average Bonchev–Trinajstić information content (AvgIpc) is 2.35. The van der Waals surface area contributed by atoms with Crippen molar-refractivity contribution >= 4 is 0 Å². The van der Waals surface area contributed by atoms with Crippen LogP contribution in [-0.4, -0.2) is 5.11 Å². The average molecular weight is 236 g/mol. The van der Waals surface area contributed by atoms with E-state index < -0.39 is 23.1 Å². The fraction of sp³-hybridized carbons (Fsp3) is 0.0769. The first kappa shape index (κ1) is 11.4. The quantitative estimate of drug-likeness (QED) is 0.886. The van der Waals surface area contributed by atoms with Crippen molar-refractivity contribution in [2.75, 3.05) is 0 Å². The molecule has 0 fully saturated rings. The van der Waals surface area contributed by atoms with Crippen LogP contribution in [0.1, 0.15) is 5.56 Å². The summed E-state index contributed by atoms with van der Waals surface area (Å²) in [5.41, 5.74) is 0.801. The van der Waals surface area contributed by atoms with Crippen LogP contribution in [0.15, 0.2) is 42.5 Å². The molecule has 0 spiro atoms. The van der Waals surface area contributed by atoms with Gasteiger partial charge in [0.25, 0.3) is 0 Å². The molecule has 0 aliphatic heterocycles. The lowest BCUT2D eigenvalue weighted by atomic mass is 10.2. The predicted molar refractivity (Wildman–Crippen MR) is 58.8 cm³/mol. The molecule has 0 saturated carbocycles. The number of aromatic hydroxyl groups is 1. The summed E-state index contributed by atoms with van der Waals surface area (Å²) in [6.07, 6.45) is 0. The smallest absolute Gasteiger partial charge is 0.200 e. The number of phenols is 1. The molecule has 0 bridgehead atoms. The molecule has 0 radical (unpaired) electrons. The third-order valence-corrected chi connectivity index (χ3v) is 2.26. The third kappa shape index (κ3) is 2.53. The SMILES string of the molecule is Oc1c(F)ccc(F)c1OCc1ccccc1.